The molecule has 3 aromatic rings. The van der Waals surface area contributed by atoms with Crippen molar-refractivity contribution in [2.24, 2.45) is 14.1 Å². The van der Waals surface area contributed by atoms with Gasteiger partial charge >= 0.3 is 5.69 Å². The lowest BCUT2D eigenvalue weighted by Gasteiger charge is -2.09. The number of fused-ring (bicyclic) bond motifs is 1. The average Bonchev–Trinajstić information content (AvgIpc) is 2.85. The van der Waals surface area contributed by atoms with Crippen LogP contribution in [0.4, 0.5) is 0 Å². The zero-order valence-corrected chi connectivity index (χ0v) is 11.6. The fourth-order valence-corrected chi connectivity index (χ4v) is 2.35. The largest absolute Gasteiger partial charge is 0.508 e. The minimum Gasteiger partial charge on any atom is -0.508 e. The van der Waals surface area contributed by atoms with E-state index >= 15 is 0 Å². The fourth-order valence-electron chi connectivity index (χ4n) is 2.35. The van der Waals surface area contributed by atoms with Crippen molar-refractivity contribution in [1.82, 2.24) is 18.7 Å². The third-order valence-electron chi connectivity index (χ3n) is 3.52. The number of aromatic nitrogens is 4. The summed E-state index contributed by atoms with van der Waals surface area (Å²) in [6, 6.07) is 6.62. The van der Waals surface area contributed by atoms with Crippen molar-refractivity contribution in [2.75, 3.05) is 0 Å². The van der Waals surface area contributed by atoms with Crippen LogP contribution in [0.25, 0.3) is 11.2 Å². The minimum atomic E-state index is -0.463. The zero-order valence-electron chi connectivity index (χ0n) is 11.6. The summed E-state index contributed by atoms with van der Waals surface area (Å²) in [5, 5.41) is 9.81. The third kappa shape index (κ3) is 1.94. The van der Waals surface area contributed by atoms with Crippen LogP contribution in [0, 0.1) is 0 Å². The van der Waals surface area contributed by atoms with E-state index in [-0.39, 0.29) is 12.3 Å². The Balaban J connectivity index is 2.29. The molecule has 7 heteroatoms. The molecule has 1 N–H and O–H groups in total. The molecule has 2 heterocycles. The summed E-state index contributed by atoms with van der Waals surface area (Å²) in [6.07, 6.45) is 1.50. The number of hydrogen-bond donors (Lipinski definition) is 1. The molecule has 0 saturated carbocycles. The van der Waals surface area contributed by atoms with Crippen LogP contribution in [0.15, 0.2) is 40.2 Å². The zero-order chi connectivity index (χ0) is 15.1. The number of aromatic hydroxyl groups is 1. The molecule has 21 heavy (non-hydrogen) atoms. The highest BCUT2D eigenvalue weighted by Crippen LogP contribution is 2.16. The Bertz CT molecular complexity index is 949. The molecule has 3 rings (SSSR count). The summed E-state index contributed by atoms with van der Waals surface area (Å²) in [5.41, 5.74) is 0.331. The standard InChI is InChI=1S/C14H14N4O3/c1-16-8-15-12-11(16)13(20)18(14(21)17(12)2)7-9-5-3-4-6-10(9)19/h3-6,8,19H,7H2,1-2H3. The molecule has 0 unspecified atom stereocenters. The van der Waals surface area contributed by atoms with E-state index in [1.165, 1.54) is 17.0 Å². The number of imidazole rings is 1. The molecule has 0 atom stereocenters. The molecule has 108 valence electrons. The number of phenols is 1. The topological polar surface area (TPSA) is 82.1 Å². The van der Waals surface area contributed by atoms with E-state index in [1.54, 1.807) is 36.9 Å². The number of benzene rings is 1. The second-order valence-corrected chi connectivity index (χ2v) is 4.89. The highest BCUT2D eigenvalue weighted by Gasteiger charge is 2.15. The summed E-state index contributed by atoms with van der Waals surface area (Å²) in [4.78, 5) is 28.9. The van der Waals surface area contributed by atoms with Gasteiger partial charge in [-0.05, 0) is 6.07 Å². The molecule has 1 aromatic carbocycles. The lowest BCUT2D eigenvalue weighted by molar-refractivity contribution is 0.464. The summed E-state index contributed by atoms with van der Waals surface area (Å²) in [7, 11) is 3.27. The van der Waals surface area contributed by atoms with Crippen LogP contribution in [0.5, 0.6) is 5.75 Å². The Morgan fingerprint density at radius 2 is 1.90 bits per heavy atom. The first-order valence-corrected chi connectivity index (χ1v) is 6.38. The smallest absolute Gasteiger partial charge is 0.332 e. The van der Waals surface area contributed by atoms with Gasteiger partial charge in [0.15, 0.2) is 11.2 Å². The molecule has 2 aromatic heterocycles. The van der Waals surface area contributed by atoms with E-state index in [0.29, 0.717) is 16.7 Å². The molecule has 0 aliphatic heterocycles. The van der Waals surface area contributed by atoms with Gasteiger partial charge in [0.1, 0.15) is 5.75 Å². The molecular weight excluding hydrogens is 272 g/mol. The van der Waals surface area contributed by atoms with Crippen LogP contribution >= 0.6 is 0 Å². The van der Waals surface area contributed by atoms with E-state index in [1.807, 2.05) is 0 Å². The van der Waals surface area contributed by atoms with Gasteiger partial charge in [-0.2, -0.15) is 0 Å². The van der Waals surface area contributed by atoms with Crippen molar-refractivity contribution in [1.29, 1.82) is 0 Å². The quantitative estimate of drug-likeness (QED) is 0.729. The highest BCUT2D eigenvalue weighted by atomic mass is 16.3. The SMILES string of the molecule is Cn1cnc2c1c(=O)n(Cc1ccccc1O)c(=O)n2C. The first kappa shape index (κ1) is 13.2. The molecule has 0 radical (unpaired) electrons. The molecule has 0 amide bonds. The van der Waals surface area contributed by atoms with Crippen LogP contribution in [-0.4, -0.2) is 23.8 Å². The number of hydrogen-bond acceptors (Lipinski definition) is 4. The Morgan fingerprint density at radius 1 is 1.19 bits per heavy atom. The summed E-state index contributed by atoms with van der Waals surface area (Å²) in [5.74, 6) is 0.0524. The predicted molar refractivity (Wildman–Crippen MR) is 77.4 cm³/mol. The first-order valence-electron chi connectivity index (χ1n) is 6.38. The summed E-state index contributed by atoms with van der Waals surface area (Å²) >= 11 is 0. The number of nitrogens with zero attached hydrogens (tertiary/aromatic N) is 4. The maximum absolute atomic E-state index is 12.5. The molecule has 7 nitrogen and oxygen atoms in total. The maximum Gasteiger partial charge on any atom is 0.332 e. The second kappa shape index (κ2) is 4.62. The summed E-state index contributed by atoms with van der Waals surface area (Å²) in [6.45, 7) is 0.0132. The van der Waals surface area contributed by atoms with Crippen molar-refractivity contribution >= 4 is 11.2 Å². The van der Waals surface area contributed by atoms with E-state index in [0.717, 1.165) is 4.57 Å². The lowest BCUT2D eigenvalue weighted by Crippen LogP contribution is -2.39. The molecule has 0 aliphatic rings. The van der Waals surface area contributed by atoms with Crippen molar-refractivity contribution < 1.29 is 5.11 Å². The highest BCUT2D eigenvalue weighted by molar-refractivity contribution is 5.69. The molecule has 0 fully saturated rings. The predicted octanol–water partition coefficient (Wildman–Crippen LogP) is 0.188. The number of rotatable bonds is 2. The lowest BCUT2D eigenvalue weighted by atomic mass is 10.2. The average molecular weight is 286 g/mol. The Hall–Kier alpha value is -2.83. The van der Waals surface area contributed by atoms with Gasteiger partial charge in [-0.25, -0.2) is 9.78 Å². The van der Waals surface area contributed by atoms with E-state index < -0.39 is 11.2 Å². The maximum atomic E-state index is 12.5. The molecule has 0 spiro atoms. The number of aryl methyl sites for hydroxylation is 2. The van der Waals surface area contributed by atoms with Crippen molar-refractivity contribution in [3.05, 3.63) is 57.0 Å². The van der Waals surface area contributed by atoms with Gasteiger partial charge in [-0.15, -0.1) is 0 Å². The van der Waals surface area contributed by atoms with Gasteiger partial charge in [0.05, 0.1) is 12.9 Å². The van der Waals surface area contributed by atoms with E-state index in [4.69, 9.17) is 0 Å². The Morgan fingerprint density at radius 3 is 2.62 bits per heavy atom. The van der Waals surface area contributed by atoms with Crippen LogP contribution in [0.2, 0.25) is 0 Å². The van der Waals surface area contributed by atoms with E-state index in [9.17, 15) is 14.7 Å². The van der Waals surface area contributed by atoms with Gasteiger partial charge in [0.2, 0.25) is 0 Å². The van der Waals surface area contributed by atoms with Crippen molar-refractivity contribution in [3.8, 4) is 5.75 Å². The number of phenolic OH excluding ortho intramolecular Hbond substituents is 1. The number of para-hydroxylation sites is 1. The molecule has 0 saturated heterocycles. The Kier molecular flexibility index (Phi) is 2.90. The van der Waals surface area contributed by atoms with Gasteiger partial charge in [0.25, 0.3) is 5.56 Å². The monoisotopic (exact) mass is 286 g/mol. The molecule has 0 bridgehead atoms. The van der Waals surface area contributed by atoms with Crippen molar-refractivity contribution in [3.63, 3.8) is 0 Å². The second-order valence-electron chi connectivity index (χ2n) is 4.89. The van der Waals surface area contributed by atoms with Crippen LogP contribution < -0.4 is 11.2 Å². The van der Waals surface area contributed by atoms with Gasteiger partial charge in [-0.1, -0.05) is 18.2 Å². The van der Waals surface area contributed by atoms with Gasteiger partial charge in [-0.3, -0.25) is 13.9 Å². The molecule has 0 aliphatic carbocycles. The Labute approximate surface area is 119 Å². The van der Waals surface area contributed by atoms with Gasteiger partial charge < -0.3 is 9.67 Å². The fraction of sp³-hybridized carbons (Fsp3) is 0.214. The minimum absolute atomic E-state index is 0.0132. The third-order valence-corrected chi connectivity index (χ3v) is 3.52. The van der Waals surface area contributed by atoms with E-state index in [2.05, 4.69) is 4.98 Å². The van der Waals surface area contributed by atoms with Crippen LogP contribution in [0.1, 0.15) is 5.56 Å². The summed E-state index contributed by atoms with van der Waals surface area (Å²) < 4.78 is 4.01. The van der Waals surface area contributed by atoms with Crippen LogP contribution in [0.3, 0.4) is 0 Å². The van der Waals surface area contributed by atoms with Crippen molar-refractivity contribution in [2.45, 2.75) is 6.54 Å². The molecular formula is C14H14N4O3. The normalized spacial score (nSPS) is 11.1. The van der Waals surface area contributed by atoms with Gasteiger partial charge in [0, 0.05) is 19.7 Å². The van der Waals surface area contributed by atoms with Crippen LogP contribution in [-0.2, 0) is 20.6 Å². The first-order chi connectivity index (χ1) is 10.0.